The van der Waals surface area contributed by atoms with Gasteiger partial charge in [-0.1, -0.05) is 181 Å². The molecule has 0 radical (unpaired) electrons. The molecule has 0 atom stereocenters. The summed E-state index contributed by atoms with van der Waals surface area (Å²) in [4.78, 5) is 63.7. The van der Waals surface area contributed by atoms with E-state index in [1.807, 2.05) is 79.7 Å². The number of carbonyl (C=O) groups excluding carboxylic acids is 2. The van der Waals surface area contributed by atoms with Crippen molar-refractivity contribution in [1.82, 2.24) is 0 Å². The number of esters is 2. The molecule has 2 aromatic carbocycles. The predicted octanol–water partition coefficient (Wildman–Crippen LogP) is 17.6. The summed E-state index contributed by atoms with van der Waals surface area (Å²) in [5.41, 5.74) is 3.06. The van der Waals surface area contributed by atoms with E-state index in [9.17, 15) is 24.3 Å². The number of carbonyl (C=O) groups is 2. The van der Waals surface area contributed by atoms with Gasteiger partial charge in [0.25, 0.3) is 0 Å². The molecule has 2 aromatic rings. The Morgan fingerprint density at radius 2 is 0.639 bits per heavy atom. The van der Waals surface area contributed by atoms with Crippen LogP contribution in [0, 0.1) is 13.8 Å². The van der Waals surface area contributed by atoms with Crippen LogP contribution in [-0.2, 0) is 42.7 Å². The van der Waals surface area contributed by atoms with Crippen LogP contribution in [0.4, 0.5) is 0 Å². The minimum absolute atomic E-state index is 0.155. The molecular weight excluding hydrogens is 912 g/mol. The molecule has 0 fully saturated rings. The molecule has 0 saturated carbocycles. The van der Waals surface area contributed by atoms with E-state index in [2.05, 4.69) is 13.8 Å². The molecule has 0 aliphatic heterocycles. The SMILES string of the molecule is CCCCCCCCCCCCCCCCCCOC(=O)CCc1cc(C)c(P(O)(O)(O)c2c(C)cc(CCC(=O)OCCCCCCCCCCCCCCCCCC)cc2C(C)(C)C)c(C(C)(C)C)c1. The summed E-state index contributed by atoms with van der Waals surface area (Å²) in [5, 5.41) is 0.310. The summed E-state index contributed by atoms with van der Waals surface area (Å²) >= 11 is 0. The van der Waals surface area contributed by atoms with E-state index in [4.69, 9.17) is 9.47 Å². The second-order valence-corrected chi connectivity index (χ2v) is 27.0. The number of benzene rings is 2. The van der Waals surface area contributed by atoms with Gasteiger partial charge in [0, 0.05) is 0 Å². The van der Waals surface area contributed by atoms with Gasteiger partial charge in [0.2, 0.25) is 0 Å². The first kappa shape index (κ1) is 65.8. The molecule has 8 heteroatoms. The molecule has 0 saturated heterocycles. The summed E-state index contributed by atoms with van der Waals surface area (Å²) in [6.07, 6.45) is 43.0. The first-order valence-corrected chi connectivity index (χ1v) is 32.2. The molecule has 0 amide bonds. The fourth-order valence-electron chi connectivity index (χ4n) is 10.7. The predicted molar refractivity (Wildman–Crippen MR) is 310 cm³/mol. The van der Waals surface area contributed by atoms with Crippen LogP contribution < -0.4 is 10.6 Å². The average molecular weight is 1030 g/mol. The molecule has 0 aromatic heterocycles. The second-order valence-electron chi connectivity index (χ2n) is 24.1. The first-order chi connectivity index (χ1) is 34.2. The van der Waals surface area contributed by atoms with Gasteiger partial charge in [-0.25, -0.2) is 0 Å². The molecule has 0 aliphatic rings. The minimum atomic E-state index is -5.79. The van der Waals surface area contributed by atoms with Crippen molar-refractivity contribution in [2.45, 2.75) is 311 Å². The molecular formula is C64H113O7P. The molecule has 2 rings (SSSR count). The van der Waals surface area contributed by atoms with Crippen molar-refractivity contribution in [3.63, 3.8) is 0 Å². The standard InChI is InChI=1S/C64H113O7P/c1-11-13-15-17-19-21-23-25-27-29-31-33-35-37-39-41-47-70-59(65)45-43-55-49-53(3)61(57(51-55)63(5,6)7)72(67,68,69)62-54(4)50-56(52-58(62)64(8,9)10)44-46-60(66)71-48-42-40-38-36-34-32-30-28-26-24-22-20-18-16-14-12-2/h49-52,67-69H,11-48H2,1-10H3. The Bertz CT molecular complexity index is 1650. The molecule has 0 unspecified atom stereocenters. The Hall–Kier alpha value is -2.31. The zero-order valence-corrected chi connectivity index (χ0v) is 49.5. The van der Waals surface area contributed by atoms with E-state index in [0.717, 1.165) is 36.8 Å². The number of ether oxygens (including phenoxy) is 2. The number of rotatable bonds is 42. The topological polar surface area (TPSA) is 113 Å². The summed E-state index contributed by atoms with van der Waals surface area (Å²) in [6, 6.07) is 7.62. The molecule has 416 valence electrons. The van der Waals surface area contributed by atoms with Crippen molar-refractivity contribution in [2.75, 3.05) is 13.2 Å². The molecule has 0 heterocycles. The van der Waals surface area contributed by atoms with Crippen LogP contribution in [0.2, 0.25) is 0 Å². The monoisotopic (exact) mass is 1020 g/mol. The van der Waals surface area contributed by atoms with E-state index in [1.54, 1.807) is 0 Å². The van der Waals surface area contributed by atoms with Crippen LogP contribution >= 0.6 is 7.28 Å². The van der Waals surface area contributed by atoms with Gasteiger partial charge in [-0.15, -0.1) is 0 Å². The molecule has 72 heavy (non-hydrogen) atoms. The third-order valence-corrected chi connectivity index (χ3v) is 17.8. The Balaban J connectivity index is 1.88. The van der Waals surface area contributed by atoms with Crippen LogP contribution in [0.15, 0.2) is 24.3 Å². The van der Waals surface area contributed by atoms with Gasteiger partial charge in [-0.2, -0.15) is 0 Å². The summed E-state index contributed by atoms with van der Waals surface area (Å²) in [6.45, 7) is 21.1. The second kappa shape index (κ2) is 35.9. The van der Waals surface area contributed by atoms with Crippen molar-refractivity contribution in [1.29, 1.82) is 0 Å². The van der Waals surface area contributed by atoms with Crippen molar-refractivity contribution >= 4 is 29.8 Å². The first-order valence-electron chi connectivity index (χ1n) is 30.1. The Morgan fingerprint density at radius 1 is 0.403 bits per heavy atom. The van der Waals surface area contributed by atoms with Gasteiger partial charge < -0.3 is 0 Å². The van der Waals surface area contributed by atoms with E-state index in [1.165, 1.54) is 180 Å². The van der Waals surface area contributed by atoms with E-state index in [0.29, 0.717) is 48.3 Å². The maximum absolute atomic E-state index is 12.9. The molecule has 0 bridgehead atoms. The third-order valence-electron chi connectivity index (χ3n) is 14.9. The zero-order chi connectivity index (χ0) is 53.3. The van der Waals surface area contributed by atoms with E-state index < -0.39 is 18.1 Å². The fourth-order valence-corrected chi connectivity index (χ4v) is 14.0. The quantitative estimate of drug-likeness (QED) is 0.0345. The number of unbranched alkanes of at least 4 members (excludes halogenated alkanes) is 30. The van der Waals surface area contributed by atoms with Gasteiger partial charge in [-0.05, 0) is 0 Å². The number of hydrogen-bond acceptors (Lipinski definition) is 7. The van der Waals surface area contributed by atoms with Gasteiger partial charge in [0.1, 0.15) is 0 Å². The number of hydrogen-bond donors (Lipinski definition) is 3. The maximum atomic E-state index is 12.9. The fraction of sp³-hybridized carbons (Fsp3) is 0.781. The van der Waals surface area contributed by atoms with Crippen LogP contribution in [0.5, 0.6) is 0 Å². The Morgan fingerprint density at radius 3 is 0.875 bits per heavy atom. The van der Waals surface area contributed by atoms with Crippen LogP contribution in [-0.4, -0.2) is 39.8 Å². The molecule has 3 N–H and O–H groups in total. The van der Waals surface area contributed by atoms with Crippen molar-refractivity contribution in [2.24, 2.45) is 0 Å². The van der Waals surface area contributed by atoms with Gasteiger partial charge in [0.15, 0.2) is 0 Å². The van der Waals surface area contributed by atoms with Gasteiger partial charge in [0.05, 0.1) is 0 Å². The van der Waals surface area contributed by atoms with Crippen LogP contribution in [0.3, 0.4) is 0 Å². The van der Waals surface area contributed by atoms with E-state index >= 15 is 0 Å². The van der Waals surface area contributed by atoms with Crippen molar-refractivity contribution < 1.29 is 33.7 Å². The summed E-state index contributed by atoms with van der Waals surface area (Å²) in [5.74, 6) is -0.453. The number of aryl methyl sites for hydroxylation is 4. The average Bonchev–Trinajstić information content (AvgIpc) is 3.30. The molecule has 7 nitrogen and oxygen atoms in total. The zero-order valence-electron chi connectivity index (χ0n) is 48.6. The van der Waals surface area contributed by atoms with Crippen LogP contribution in [0.1, 0.15) is 307 Å². The van der Waals surface area contributed by atoms with Crippen molar-refractivity contribution in [3.8, 4) is 0 Å². The van der Waals surface area contributed by atoms with Crippen LogP contribution in [0.25, 0.3) is 0 Å². The summed E-state index contributed by atoms with van der Waals surface area (Å²) < 4.78 is 11.3. The normalized spacial score (nSPS) is 12.8. The Labute approximate surface area is 443 Å². The van der Waals surface area contributed by atoms with E-state index in [-0.39, 0.29) is 35.4 Å². The third kappa shape index (κ3) is 27.0. The molecule has 0 aliphatic carbocycles. The van der Waals surface area contributed by atoms with Gasteiger partial charge >= 0.3 is 265 Å². The molecule has 0 spiro atoms. The Kier molecular flexibility index (Phi) is 32.8. The van der Waals surface area contributed by atoms with Crippen molar-refractivity contribution in [3.05, 3.63) is 57.6 Å². The summed E-state index contributed by atoms with van der Waals surface area (Å²) in [7, 11) is -5.79. The van der Waals surface area contributed by atoms with Gasteiger partial charge in [-0.3, -0.25) is 0 Å².